The van der Waals surface area contributed by atoms with Crippen LogP contribution in [0.5, 0.6) is 5.75 Å². The van der Waals surface area contributed by atoms with Crippen molar-refractivity contribution in [2.45, 2.75) is 39.0 Å². The van der Waals surface area contributed by atoms with E-state index in [-0.39, 0.29) is 5.91 Å². The Kier molecular flexibility index (Phi) is 8.33. The molecule has 2 aromatic rings. The number of halogens is 1. The van der Waals surface area contributed by atoms with Gasteiger partial charge in [0, 0.05) is 23.1 Å². The molecule has 2 rings (SSSR count). The van der Waals surface area contributed by atoms with Crippen molar-refractivity contribution >= 4 is 29.3 Å². The molecule has 0 fully saturated rings. The Morgan fingerprint density at radius 2 is 1.92 bits per heavy atom. The first-order chi connectivity index (χ1) is 12.5. The number of benzene rings is 2. The van der Waals surface area contributed by atoms with E-state index in [0.29, 0.717) is 13.0 Å². The Labute approximate surface area is 165 Å². The minimum absolute atomic E-state index is 0.0551. The monoisotopic (exact) mass is 391 g/mol. The Morgan fingerprint density at radius 3 is 2.62 bits per heavy atom. The average Bonchev–Trinajstić information content (AvgIpc) is 2.64. The average molecular weight is 392 g/mol. The van der Waals surface area contributed by atoms with Gasteiger partial charge in [-0.1, -0.05) is 42.8 Å². The summed E-state index contributed by atoms with van der Waals surface area (Å²) in [6.45, 7) is 6.65. The van der Waals surface area contributed by atoms with Crippen LogP contribution >= 0.6 is 23.4 Å². The number of ether oxygens (including phenoxy) is 1. The second-order valence-electron chi connectivity index (χ2n) is 6.18. The molecule has 0 unspecified atom stereocenters. The van der Waals surface area contributed by atoms with Gasteiger partial charge in [-0.25, -0.2) is 0 Å². The first-order valence-electron chi connectivity index (χ1n) is 8.84. The number of hydrogen-bond acceptors (Lipinski definition) is 3. The highest BCUT2D eigenvalue weighted by molar-refractivity contribution is 7.98. The summed E-state index contributed by atoms with van der Waals surface area (Å²) in [7, 11) is 0. The molecule has 0 aliphatic carbocycles. The smallest absolute Gasteiger partial charge is 0.261 e. The SMILES string of the molecule is CC[C@@H](Oc1cccc(C)c1C)C(=O)NCCSCc1ccc(Cl)cc1. The van der Waals surface area contributed by atoms with Crippen LogP contribution in [-0.4, -0.2) is 24.3 Å². The molecule has 0 heterocycles. The summed E-state index contributed by atoms with van der Waals surface area (Å²) < 4.78 is 5.94. The Balaban J connectivity index is 1.74. The van der Waals surface area contributed by atoms with Crippen molar-refractivity contribution in [2.24, 2.45) is 0 Å². The number of nitrogens with one attached hydrogen (secondary N) is 1. The van der Waals surface area contributed by atoms with Crippen molar-refractivity contribution in [3.8, 4) is 5.75 Å². The van der Waals surface area contributed by atoms with E-state index in [1.165, 1.54) is 5.56 Å². The zero-order valence-electron chi connectivity index (χ0n) is 15.5. The molecule has 3 nitrogen and oxygen atoms in total. The fourth-order valence-corrected chi connectivity index (χ4v) is 3.40. The van der Waals surface area contributed by atoms with Crippen LogP contribution in [0.4, 0.5) is 0 Å². The number of thioether (sulfide) groups is 1. The third kappa shape index (κ3) is 6.26. The van der Waals surface area contributed by atoms with E-state index in [0.717, 1.165) is 33.4 Å². The fourth-order valence-electron chi connectivity index (χ4n) is 2.46. The van der Waals surface area contributed by atoms with Gasteiger partial charge in [-0.2, -0.15) is 11.8 Å². The Morgan fingerprint density at radius 1 is 1.19 bits per heavy atom. The number of aryl methyl sites for hydroxylation is 1. The zero-order valence-corrected chi connectivity index (χ0v) is 17.1. The number of carbonyl (C=O) groups is 1. The first kappa shape index (κ1) is 20.7. The van der Waals surface area contributed by atoms with Gasteiger partial charge in [-0.15, -0.1) is 0 Å². The molecular weight excluding hydrogens is 366 g/mol. The molecule has 0 spiro atoms. The lowest BCUT2D eigenvalue weighted by Crippen LogP contribution is -2.39. The lowest BCUT2D eigenvalue weighted by Gasteiger charge is -2.19. The molecule has 140 valence electrons. The normalized spacial score (nSPS) is 11.8. The molecule has 2 aromatic carbocycles. The van der Waals surface area contributed by atoms with Gasteiger partial charge >= 0.3 is 0 Å². The van der Waals surface area contributed by atoms with Gasteiger partial charge in [-0.05, 0) is 55.2 Å². The topological polar surface area (TPSA) is 38.3 Å². The molecule has 1 atom stereocenters. The molecule has 0 aromatic heterocycles. The van der Waals surface area contributed by atoms with E-state index < -0.39 is 6.10 Å². The van der Waals surface area contributed by atoms with E-state index in [9.17, 15) is 4.79 Å². The van der Waals surface area contributed by atoms with Crippen LogP contribution in [0.2, 0.25) is 5.02 Å². The highest BCUT2D eigenvalue weighted by Gasteiger charge is 2.18. The fraction of sp³-hybridized carbons (Fsp3) is 0.381. The van der Waals surface area contributed by atoms with E-state index in [1.807, 2.05) is 63.2 Å². The summed E-state index contributed by atoms with van der Waals surface area (Å²) in [5.41, 5.74) is 3.48. The quantitative estimate of drug-likeness (QED) is 0.599. The summed E-state index contributed by atoms with van der Waals surface area (Å²) in [6.07, 6.45) is 0.175. The van der Waals surface area contributed by atoms with Crippen LogP contribution in [0.1, 0.15) is 30.0 Å². The van der Waals surface area contributed by atoms with E-state index in [4.69, 9.17) is 16.3 Å². The van der Waals surface area contributed by atoms with Gasteiger partial charge < -0.3 is 10.1 Å². The Hall–Kier alpha value is -1.65. The first-order valence-corrected chi connectivity index (χ1v) is 10.4. The van der Waals surface area contributed by atoms with Crippen molar-refractivity contribution in [2.75, 3.05) is 12.3 Å². The second-order valence-corrected chi connectivity index (χ2v) is 7.72. The largest absolute Gasteiger partial charge is 0.480 e. The minimum atomic E-state index is -0.461. The summed E-state index contributed by atoms with van der Waals surface area (Å²) in [5, 5.41) is 3.73. The summed E-state index contributed by atoms with van der Waals surface area (Å²) in [5.74, 6) is 2.49. The molecule has 1 N–H and O–H groups in total. The lowest BCUT2D eigenvalue weighted by atomic mass is 10.1. The second kappa shape index (κ2) is 10.5. The van der Waals surface area contributed by atoms with Gasteiger partial charge in [0.15, 0.2) is 6.10 Å². The standard InChI is InChI=1S/C21H26ClNO2S/c1-4-19(25-20-7-5-6-15(2)16(20)3)21(24)23-12-13-26-14-17-8-10-18(22)11-9-17/h5-11,19H,4,12-14H2,1-3H3,(H,23,24)/t19-/m1/s1. The van der Waals surface area contributed by atoms with Gasteiger partial charge in [-0.3, -0.25) is 4.79 Å². The molecule has 26 heavy (non-hydrogen) atoms. The molecule has 0 bridgehead atoms. The van der Waals surface area contributed by atoms with Crippen LogP contribution < -0.4 is 10.1 Å². The Bertz CT molecular complexity index is 718. The predicted molar refractivity (Wildman–Crippen MR) is 111 cm³/mol. The molecule has 0 saturated heterocycles. The molecule has 0 saturated carbocycles. The van der Waals surface area contributed by atoms with E-state index in [1.54, 1.807) is 11.8 Å². The maximum absolute atomic E-state index is 12.4. The maximum Gasteiger partial charge on any atom is 0.261 e. The predicted octanol–water partition coefficient (Wildman–Crippen LogP) is 5.16. The third-order valence-electron chi connectivity index (χ3n) is 4.21. The van der Waals surface area contributed by atoms with E-state index >= 15 is 0 Å². The molecule has 5 heteroatoms. The van der Waals surface area contributed by atoms with Crippen molar-refractivity contribution in [1.82, 2.24) is 5.32 Å². The molecule has 0 radical (unpaired) electrons. The third-order valence-corrected chi connectivity index (χ3v) is 5.50. The van der Waals surface area contributed by atoms with Crippen LogP contribution in [0.3, 0.4) is 0 Å². The number of carbonyl (C=O) groups excluding carboxylic acids is 1. The van der Waals surface area contributed by atoms with Crippen LogP contribution in [0.15, 0.2) is 42.5 Å². The number of hydrogen-bond donors (Lipinski definition) is 1. The lowest BCUT2D eigenvalue weighted by molar-refractivity contribution is -0.128. The van der Waals surface area contributed by atoms with Crippen LogP contribution in [0, 0.1) is 13.8 Å². The van der Waals surface area contributed by atoms with Gasteiger partial charge in [0.05, 0.1) is 0 Å². The number of rotatable bonds is 9. The number of amides is 1. The van der Waals surface area contributed by atoms with Crippen LogP contribution in [0.25, 0.3) is 0 Å². The molecular formula is C21H26ClNO2S. The molecule has 0 aliphatic rings. The van der Waals surface area contributed by atoms with Gasteiger partial charge in [0.25, 0.3) is 5.91 Å². The van der Waals surface area contributed by atoms with E-state index in [2.05, 4.69) is 5.32 Å². The minimum Gasteiger partial charge on any atom is -0.480 e. The van der Waals surface area contributed by atoms with Crippen molar-refractivity contribution in [3.63, 3.8) is 0 Å². The van der Waals surface area contributed by atoms with Crippen molar-refractivity contribution in [3.05, 3.63) is 64.2 Å². The molecule has 1 amide bonds. The van der Waals surface area contributed by atoms with Gasteiger partial charge in [0.2, 0.25) is 0 Å². The van der Waals surface area contributed by atoms with Gasteiger partial charge in [0.1, 0.15) is 5.75 Å². The van der Waals surface area contributed by atoms with Crippen molar-refractivity contribution in [1.29, 1.82) is 0 Å². The summed E-state index contributed by atoms with van der Waals surface area (Å²) >= 11 is 7.67. The summed E-state index contributed by atoms with van der Waals surface area (Å²) in [6, 6.07) is 13.8. The molecule has 0 aliphatic heterocycles. The highest BCUT2D eigenvalue weighted by atomic mass is 35.5. The van der Waals surface area contributed by atoms with Crippen LogP contribution in [-0.2, 0) is 10.5 Å². The maximum atomic E-state index is 12.4. The highest BCUT2D eigenvalue weighted by Crippen LogP contribution is 2.22. The summed E-state index contributed by atoms with van der Waals surface area (Å²) in [4.78, 5) is 12.4. The zero-order chi connectivity index (χ0) is 18.9. The van der Waals surface area contributed by atoms with Crippen molar-refractivity contribution < 1.29 is 9.53 Å².